The van der Waals surface area contributed by atoms with Crippen LogP contribution in [0.25, 0.3) is 0 Å². The maximum absolute atomic E-state index is 13.4. The van der Waals surface area contributed by atoms with Crippen molar-refractivity contribution in [3.8, 4) is 0 Å². The van der Waals surface area contributed by atoms with Gasteiger partial charge >= 0.3 is 0 Å². The zero-order valence-electron chi connectivity index (χ0n) is 14.7. The van der Waals surface area contributed by atoms with Crippen LogP contribution in [-0.4, -0.2) is 50.6 Å². The maximum atomic E-state index is 13.4. The maximum Gasteiger partial charge on any atom is 0.191 e. The summed E-state index contributed by atoms with van der Waals surface area (Å²) in [6.07, 6.45) is 2.50. The van der Waals surface area contributed by atoms with Gasteiger partial charge < -0.3 is 15.5 Å². The molecule has 0 radical (unpaired) electrons. The summed E-state index contributed by atoms with van der Waals surface area (Å²) in [5, 5.41) is 6.76. The number of rotatable bonds is 5. The van der Waals surface area contributed by atoms with Crippen molar-refractivity contribution in [2.24, 2.45) is 4.99 Å². The Kier molecular flexibility index (Phi) is 5.99. The molecule has 2 N–H and O–H groups in total. The molecule has 23 heavy (non-hydrogen) atoms. The lowest BCUT2D eigenvalue weighted by atomic mass is 9.84. The van der Waals surface area contributed by atoms with Crippen molar-refractivity contribution in [1.29, 1.82) is 0 Å². The van der Waals surface area contributed by atoms with Gasteiger partial charge in [0, 0.05) is 31.6 Å². The molecule has 1 aromatic rings. The van der Waals surface area contributed by atoms with E-state index < -0.39 is 0 Å². The molecule has 4 nitrogen and oxygen atoms in total. The quantitative estimate of drug-likeness (QED) is 0.646. The van der Waals surface area contributed by atoms with Crippen LogP contribution in [0.15, 0.2) is 29.3 Å². The molecule has 0 bridgehead atoms. The first-order chi connectivity index (χ1) is 10.9. The van der Waals surface area contributed by atoms with Crippen LogP contribution in [0.2, 0.25) is 0 Å². The van der Waals surface area contributed by atoms with Crippen molar-refractivity contribution in [2.75, 3.05) is 33.7 Å². The molecule has 0 amide bonds. The second-order valence-electron chi connectivity index (χ2n) is 6.98. The van der Waals surface area contributed by atoms with Crippen LogP contribution in [-0.2, 0) is 5.41 Å². The molecule has 5 heteroatoms. The molecular formula is C18H29FN4. The van der Waals surface area contributed by atoms with Crippen LogP contribution < -0.4 is 10.6 Å². The van der Waals surface area contributed by atoms with Crippen molar-refractivity contribution < 1.29 is 4.39 Å². The summed E-state index contributed by atoms with van der Waals surface area (Å²) in [5.74, 6) is 0.608. The van der Waals surface area contributed by atoms with Gasteiger partial charge in [0.15, 0.2) is 5.96 Å². The number of halogens is 1. The Morgan fingerprint density at radius 1 is 1.39 bits per heavy atom. The fourth-order valence-electron chi connectivity index (χ4n) is 2.99. The number of hydrogen-bond donors (Lipinski definition) is 2. The van der Waals surface area contributed by atoms with Crippen LogP contribution in [0.1, 0.15) is 32.3 Å². The lowest BCUT2D eigenvalue weighted by Crippen LogP contribution is -2.47. The third kappa shape index (κ3) is 4.93. The number of likely N-dealkylation sites (tertiary alicyclic amines) is 1. The molecule has 0 aliphatic carbocycles. The lowest BCUT2D eigenvalue weighted by molar-refractivity contribution is 0.309. The van der Waals surface area contributed by atoms with Gasteiger partial charge in [0.1, 0.15) is 5.82 Å². The molecule has 1 saturated heterocycles. The Morgan fingerprint density at radius 3 is 2.78 bits per heavy atom. The number of aliphatic imine (C=N–C) groups is 1. The SMILES string of the molecule is CN=C(NCC1CCCN1C)NCC(C)(C)c1cccc(F)c1. The van der Waals surface area contributed by atoms with Crippen molar-refractivity contribution in [2.45, 2.75) is 38.1 Å². The normalized spacial score (nSPS) is 19.9. The van der Waals surface area contributed by atoms with E-state index in [1.165, 1.54) is 25.5 Å². The van der Waals surface area contributed by atoms with E-state index in [1.807, 2.05) is 6.07 Å². The summed E-state index contributed by atoms with van der Waals surface area (Å²) in [5.41, 5.74) is 0.806. The summed E-state index contributed by atoms with van der Waals surface area (Å²) in [7, 11) is 3.95. The Labute approximate surface area is 139 Å². The summed E-state index contributed by atoms with van der Waals surface area (Å²) in [6, 6.07) is 7.38. The summed E-state index contributed by atoms with van der Waals surface area (Å²) < 4.78 is 13.4. The zero-order chi connectivity index (χ0) is 16.9. The highest BCUT2D eigenvalue weighted by molar-refractivity contribution is 5.79. The van der Waals surface area contributed by atoms with E-state index in [0.29, 0.717) is 12.6 Å². The average molecular weight is 320 g/mol. The molecule has 1 unspecified atom stereocenters. The first-order valence-electron chi connectivity index (χ1n) is 8.33. The van der Waals surface area contributed by atoms with Crippen molar-refractivity contribution in [3.63, 3.8) is 0 Å². The Bertz CT molecular complexity index is 542. The monoisotopic (exact) mass is 320 g/mol. The number of nitrogens with one attached hydrogen (secondary N) is 2. The van der Waals surface area contributed by atoms with Crippen molar-refractivity contribution in [1.82, 2.24) is 15.5 Å². The van der Waals surface area contributed by atoms with Gasteiger partial charge in [-0.2, -0.15) is 0 Å². The van der Waals surface area contributed by atoms with Gasteiger partial charge in [0.05, 0.1) is 0 Å². The van der Waals surface area contributed by atoms with E-state index in [0.717, 1.165) is 18.1 Å². The minimum absolute atomic E-state index is 0.177. The molecule has 1 aliphatic rings. The smallest absolute Gasteiger partial charge is 0.191 e. The molecule has 1 heterocycles. The van der Waals surface area contributed by atoms with E-state index in [-0.39, 0.29) is 11.2 Å². The predicted molar refractivity (Wildman–Crippen MR) is 94.4 cm³/mol. The fourth-order valence-corrected chi connectivity index (χ4v) is 2.99. The fraction of sp³-hybridized carbons (Fsp3) is 0.611. The minimum atomic E-state index is -0.192. The molecular weight excluding hydrogens is 291 g/mol. The predicted octanol–water partition coefficient (Wildman–Crippen LogP) is 2.36. The summed E-state index contributed by atoms with van der Waals surface area (Å²) in [4.78, 5) is 6.68. The molecule has 1 aromatic carbocycles. The van der Waals surface area contributed by atoms with Crippen LogP contribution >= 0.6 is 0 Å². The summed E-state index contributed by atoms with van der Waals surface area (Å²) in [6.45, 7) is 6.97. The molecule has 128 valence electrons. The Morgan fingerprint density at radius 2 is 2.17 bits per heavy atom. The van der Waals surface area contributed by atoms with Crippen LogP contribution in [0.3, 0.4) is 0 Å². The van der Waals surface area contributed by atoms with Gasteiger partial charge in [-0.25, -0.2) is 4.39 Å². The zero-order valence-corrected chi connectivity index (χ0v) is 14.7. The topological polar surface area (TPSA) is 39.7 Å². The van der Waals surface area contributed by atoms with Crippen molar-refractivity contribution >= 4 is 5.96 Å². The van der Waals surface area contributed by atoms with E-state index in [4.69, 9.17) is 0 Å². The van der Waals surface area contributed by atoms with Crippen LogP contribution in [0, 0.1) is 5.82 Å². The third-order valence-corrected chi connectivity index (χ3v) is 4.70. The molecule has 0 saturated carbocycles. The summed E-state index contributed by atoms with van der Waals surface area (Å²) >= 11 is 0. The van der Waals surface area contributed by atoms with Gasteiger partial charge in [-0.3, -0.25) is 4.99 Å². The molecule has 0 aromatic heterocycles. The van der Waals surface area contributed by atoms with Gasteiger partial charge in [0.25, 0.3) is 0 Å². The van der Waals surface area contributed by atoms with Crippen LogP contribution in [0.4, 0.5) is 4.39 Å². The van der Waals surface area contributed by atoms with Gasteiger partial charge in [0.2, 0.25) is 0 Å². The van der Waals surface area contributed by atoms with Gasteiger partial charge in [-0.05, 0) is 44.1 Å². The van der Waals surface area contributed by atoms with Gasteiger partial charge in [-0.15, -0.1) is 0 Å². The highest BCUT2D eigenvalue weighted by Crippen LogP contribution is 2.22. The standard InChI is InChI=1S/C18H29FN4/c1-18(2,14-7-5-8-15(19)11-14)13-22-17(20-3)21-12-16-9-6-10-23(16)4/h5,7-8,11,16H,6,9-10,12-13H2,1-4H3,(H2,20,21,22). The number of likely N-dealkylation sites (N-methyl/N-ethyl adjacent to an activating group) is 1. The Balaban J connectivity index is 1.87. The molecule has 1 aliphatic heterocycles. The van der Waals surface area contributed by atoms with Crippen LogP contribution in [0.5, 0.6) is 0 Å². The average Bonchev–Trinajstić information content (AvgIpc) is 2.93. The highest BCUT2D eigenvalue weighted by Gasteiger charge is 2.23. The molecule has 2 rings (SSSR count). The number of hydrogen-bond acceptors (Lipinski definition) is 2. The number of benzene rings is 1. The van der Waals surface area contributed by atoms with Crippen molar-refractivity contribution in [3.05, 3.63) is 35.6 Å². The highest BCUT2D eigenvalue weighted by atomic mass is 19.1. The lowest BCUT2D eigenvalue weighted by Gasteiger charge is -2.27. The molecule has 1 fully saturated rings. The van der Waals surface area contributed by atoms with E-state index in [9.17, 15) is 4.39 Å². The molecule has 1 atom stereocenters. The molecule has 0 spiro atoms. The number of guanidine groups is 1. The van der Waals surface area contributed by atoms with E-state index >= 15 is 0 Å². The largest absolute Gasteiger partial charge is 0.356 e. The number of nitrogens with zero attached hydrogens (tertiary/aromatic N) is 2. The Hall–Kier alpha value is -1.62. The third-order valence-electron chi connectivity index (χ3n) is 4.70. The first-order valence-corrected chi connectivity index (χ1v) is 8.33. The first kappa shape index (κ1) is 17.7. The van der Waals surface area contributed by atoms with E-state index in [1.54, 1.807) is 19.2 Å². The second kappa shape index (κ2) is 7.77. The van der Waals surface area contributed by atoms with E-state index in [2.05, 4.69) is 41.4 Å². The minimum Gasteiger partial charge on any atom is -0.356 e. The van der Waals surface area contributed by atoms with Gasteiger partial charge in [-0.1, -0.05) is 26.0 Å². The second-order valence-corrected chi connectivity index (χ2v) is 6.98.